The Labute approximate surface area is 152 Å². The molecule has 0 saturated carbocycles. The van der Waals surface area contributed by atoms with Gasteiger partial charge in [-0.15, -0.1) is 0 Å². The maximum Gasteiger partial charge on any atom is 0.320 e. The number of methoxy groups -OCH3 is 1. The normalized spacial score (nSPS) is 32.3. The largest absolute Gasteiger partial charge is 0.632 e. The summed E-state index contributed by atoms with van der Waals surface area (Å²) in [4.78, 5) is 16.4. The van der Waals surface area contributed by atoms with Gasteiger partial charge in [-0.2, -0.15) is 0 Å². The van der Waals surface area contributed by atoms with E-state index < -0.39 is 11.4 Å². The molecule has 3 aliphatic heterocycles. The van der Waals surface area contributed by atoms with Crippen LogP contribution in [0.4, 0.5) is 0 Å². The Bertz CT molecular complexity index is 902. The van der Waals surface area contributed by atoms with Crippen molar-refractivity contribution in [3.8, 4) is 0 Å². The third kappa shape index (κ3) is 2.19. The van der Waals surface area contributed by atoms with Crippen LogP contribution in [0, 0.1) is 11.1 Å². The second-order valence-electron chi connectivity index (χ2n) is 7.45. The van der Waals surface area contributed by atoms with Gasteiger partial charge in [0.1, 0.15) is 18.5 Å². The van der Waals surface area contributed by atoms with Crippen molar-refractivity contribution in [2.45, 2.75) is 25.3 Å². The molecule has 0 spiro atoms. The predicted molar refractivity (Wildman–Crippen MR) is 98.0 cm³/mol. The zero-order chi connectivity index (χ0) is 18.5. The Hall–Kier alpha value is -2.15. The van der Waals surface area contributed by atoms with Crippen molar-refractivity contribution >= 4 is 16.9 Å². The molecule has 2 aromatic rings. The van der Waals surface area contributed by atoms with E-state index in [0.29, 0.717) is 25.2 Å². The molecule has 3 aliphatic rings. The summed E-state index contributed by atoms with van der Waals surface area (Å²) >= 11 is 0. The van der Waals surface area contributed by atoms with Crippen molar-refractivity contribution in [3.63, 3.8) is 0 Å². The van der Waals surface area contributed by atoms with Crippen LogP contribution in [-0.2, 0) is 21.5 Å². The molecule has 6 heteroatoms. The summed E-state index contributed by atoms with van der Waals surface area (Å²) in [6.45, 7) is 2.59. The number of esters is 1. The number of hydrogen-bond donors (Lipinski definition) is 2. The molecule has 26 heavy (non-hydrogen) atoms. The van der Waals surface area contributed by atoms with Crippen molar-refractivity contribution < 1.29 is 19.3 Å². The average molecular weight is 356 g/mol. The Balaban J connectivity index is 2.09. The maximum atomic E-state index is 13.4. The monoisotopic (exact) mass is 356 g/mol. The fourth-order valence-corrected chi connectivity index (χ4v) is 4.95. The molecule has 0 aliphatic carbocycles. The molecule has 3 atom stereocenters. The third-order valence-electron chi connectivity index (χ3n) is 6.21. The van der Waals surface area contributed by atoms with Crippen LogP contribution in [0.3, 0.4) is 0 Å². The lowest BCUT2D eigenvalue weighted by atomic mass is 9.64. The van der Waals surface area contributed by atoms with Crippen LogP contribution in [0.5, 0.6) is 0 Å². The number of piperidine rings is 1. The quantitative estimate of drug-likeness (QED) is 0.374. The highest BCUT2D eigenvalue weighted by molar-refractivity contribution is 5.91. The van der Waals surface area contributed by atoms with Crippen LogP contribution >= 0.6 is 0 Å². The van der Waals surface area contributed by atoms with Crippen LogP contribution in [0.15, 0.2) is 35.9 Å². The van der Waals surface area contributed by atoms with E-state index in [1.54, 1.807) is 0 Å². The van der Waals surface area contributed by atoms with Crippen molar-refractivity contribution in [1.29, 1.82) is 0 Å². The Morgan fingerprint density at radius 1 is 1.46 bits per heavy atom. The van der Waals surface area contributed by atoms with E-state index in [9.17, 15) is 15.1 Å². The number of nitrogens with one attached hydrogen (secondary N) is 1. The van der Waals surface area contributed by atoms with Crippen LogP contribution in [0.25, 0.3) is 10.9 Å². The Kier molecular flexibility index (Phi) is 3.95. The number of rotatable bonds is 2. The highest BCUT2D eigenvalue weighted by atomic mass is 16.5. The van der Waals surface area contributed by atoms with Crippen molar-refractivity contribution in [3.05, 3.63) is 52.4 Å². The average Bonchev–Trinajstić information content (AvgIpc) is 3.00. The van der Waals surface area contributed by atoms with Gasteiger partial charge >= 0.3 is 5.97 Å². The number of aromatic amines is 1. The van der Waals surface area contributed by atoms with Crippen LogP contribution < -0.4 is 0 Å². The van der Waals surface area contributed by atoms with E-state index in [-0.39, 0.29) is 23.7 Å². The van der Waals surface area contributed by atoms with Gasteiger partial charge in [0.05, 0.1) is 20.3 Å². The van der Waals surface area contributed by atoms with Gasteiger partial charge in [-0.1, -0.05) is 24.3 Å². The second kappa shape index (κ2) is 5.94. The fraction of sp³-hybridized carbons (Fsp3) is 0.450. The number of benzene rings is 1. The Morgan fingerprint density at radius 2 is 2.23 bits per heavy atom. The molecule has 138 valence electrons. The summed E-state index contributed by atoms with van der Waals surface area (Å²) in [7, 11) is 1.35. The molecule has 4 heterocycles. The number of carbonyl (C=O) groups is 1. The minimum absolute atomic E-state index is 0.253. The van der Waals surface area contributed by atoms with E-state index in [0.717, 1.165) is 22.0 Å². The molecule has 2 N–H and O–H groups in total. The van der Waals surface area contributed by atoms with E-state index in [4.69, 9.17) is 4.74 Å². The number of aliphatic hydroxyl groups is 1. The van der Waals surface area contributed by atoms with Gasteiger partial charge in [0, 0.05) is 34.5 Å². The molecule has 2 bridgehead atoms. The van der Waals surface area contributed by atoms with Crippen LogP contribution in [-0.4, -0.2) is 47.5 Å². The number of hydrogen-bond acceptors (Lipinski definition) is 4. The van der Waals surface area contributed by atoms with Crippen molar-refractivity contribution in [2.24, 2.45) is 5.92 Å². The highest BCUT2D eigenvalue weighted by Gasteiger charge is 2.56. The van der Waals surface area contributed by atoms with E-state index in [1.807, 2.05) is 37.3 Å². The van der Waals surface area contributed by atoms with Gasteiger partial charge in [0.2, 0.25) is 0 Å². The lowest BCUT2D eigenvalue weighted by molar-refractivity contribution is -0.894. The number of allylic oxidation sites excluding steroid dienone is 1. The summed E-state index contributed by atoms with van der Waals surface area (Å²) < 4.78 is 4.85. The molecule has 0 radical (unpaired) electrons. The van der Waals surface area contributed by atoms with E-state index in [2.05, 4.69) is 4.98 Å². The molecule has 1 saturated heterocycles. The molecule has 1 aromatic carbocycles. The first-order valence-corrected chi connectivity index (χ1v) is 9.00. The minimum atomic E-state index is -1.21. The lowest BCUT2D eigenvalue weighted by Crippen LogP contribution is -2.59. The number of aromatic nitrogens is 1. The summed E-state index contributed by atoms with van der Waals surface area (Å²) in [5, 5.41) is 24.9. The van der Waals surface area contributed by atoms with Crippen molar-refractivity contribution in [1.82, 2.24) is 4.98 Å². The molecular weight excluding hydrogens is 332 g/mol. The van der Waals surface area contributed by atoms with Gasteiger partial charge < -0.3 is 24.7 Å². The molecule has 1 aromatic heterocycles. The van der Waals surface area contributed by atoms with E-state index >= 15 is 0 Å². The molecule has 0 unspecified atom stereocenters. The predicted octanol–water partition coefficient (Wildman–Crippen LogP) is 2.37. The Morgan fingerprint density at radius 3 is 2.92 bits per heavy atom. The van der Waals surface area contributed by atoms with Gasteiger partial charge in [-0.25, -0.2) is 0 Å². The molecule has 0 amide bonds. The van der Waals surface area contributed by atoms with Crippen molar-refractivity contribution in [2.75, 3.05) is 26.8 Å². The molecule has 6 nitrogen and oxygen atoms in total. The second-order valence-corrected chi connectivity index (χ2v) is 7.45. The number of ether oxygens (including phenoxy) is 1. The van der Waals surface area contributed by atoms with Crippen LogP contribution in [0.1, 0.15) is 24.6 Å². The summed E-state index contributed by atoms with van der Waals surface area (Å²) in [6, 6.07) is 7.73. The number of carbonyl (C=O) groups excluding carboxylic acids is 1. The van der Waals surface area contributed by atoms with Gasteiger partial charge in [0.15, 0.2) is 0 Å². The summed E-state index contributed by atoms with van der Waals surface area (Å²) in [5.41, 5.74) is 2.05. The number of quaternary nitrogens is 1. The summed E-state index contributed by atoms with van der Waals surface area (Å²) in [5.74, 6) is -0.706. The van der Waals surface area contributed by atoms with Gasteiger partial charge in [-0.05, 0) is 18.6 Å². The highest BCUT2D eigenvalue weighted by Crippen LogP contribution is 2.49. The molecule has 5 rings (SSSR count). The third-order valence-corrected chi connectivity index (χ3v) is 6.21. The zero-order valence-corrected chi connectivity index (χ0v) is 15.1. The first-order chi connectivity index (χ1) is 12.5. The number of H-pyrrole nitrogens is 1. The number of nitrogens with zero attached hydrogens (tertiary/aromatic N) is 1. The first-order valence-electron chi connectivity index (χ1n) is 9.00. The van der Waals surface area contributed by atoms with Crippen LogP contribution in [0.2, 0.25) is 0 Å². The summed E-state index contributed by atoms with van der Waals surface area (Å²) in [6.07, 6.45) is 2.48. The van der Waals surface area contributed by atoms with Gasteiger partial charge in [-0.3, -0.25) is 4.79 Å². The topological polar surface area (TPSA) is 85.4 Å². The molecule has 1 fully saturated rings. The maximum absolute atomic E-state index is 13.4. The first kappa shape index (κ1) is 17.3. The minimum Gasteiger partial charge on any atom is -0.632 e. The fourth-order valence-electron chi connectivity index (χ4n) is 4.95. The SMILES string of the molecule is C/C=C1/C[N@@+]2([O-])CC[C@@H]1[C@](CO)(C(=O)OC)c1[nH]c3ccccc3c1C2. The number of para-hydroxylation sites is 1. The number of fused-ring (bicyclic) bond motifs is 3. The molecular formula is C20H24N2O4. The lowest BCUT2D eigenvalue weighted by Gasteiger charge is -2.53. The van der Waals surface area contributed by atoms with Gasteiger partial charge in [0.25, 0.3) is 0 Å². The number of aliphatic hydroxyl groups excluding tert-OH is 1. The number of hydroxylamine groups is 3. The zero-order valence-electron chi connectivity index (χ0n) is 15.1. The van der Waals surface area contributed by atoms with E-state index in [1.165, 1.54) is 7.11 Å². The smallest absolute Gasteiger partial charge is 0.320 e. The standard InChI is InChI=1S/C20H24N2O4/c1-3-13-10-22(25)9-8-16(13)20(12-23,19(24)26-2)18-15(11-22)14-6-4-5-7-17(14)21-18/h3-7,16,21,23H,8-12H2,1-2H3/b13-3-/t16-,20-,22-/m0/s1.